The summed E-state index contributed by atoms with van der Waals surface area (Å²) in [7, 11) is 0. The summed E-state index contributed by atoms with van der Waals surface area (Å²) in [6.45, 7) is 7.00. The minimum Gasteiger partial charge on any atom is -0.352 e. The summed E-state index contributed by atoms with van der Waals surface area (Å²) >= 11 is 0. The lowest BCUT2D eigenvalue weighted by atomic mass is 10.0. The lowest BCUT2D eigenvalue weighted by Crippen LogP contribution is -2.21. The van der Waals surface area contributed by atoms with Gasteiger partial charge < -0.3 is 5.32 Å². The third kappa shape index (κ3) is 4.05. The zero-order valence-electron chi connectivity index (χ0n) is 10.4. The van der Waals surface area contributed by atoms with Crippen LogP contribution in [-0.4, -0.2) is 5.91 Å². The monoisotopic (exact) mass is 219 g/mol. The van der Waals surface area contributed by atoms with Gasteiger partial charge in [0.15, 0.2) is 0 Å². The summed E-state index contributed by atoms with van der Waals surface area (Å²) in [5, 5.41) is 2.91. The Kier molecular flexibility index (Phi) is 5.03. The van der Waals surface area contributed by atoms with Crippen LogP contribution in [0.4, 0.5) is 0 Å². The van der Waals surface area contributed by atoms with Crippen LogP contribution in [0.3, 0.4) is 0 Å². The number of rotatable bonds is 5. The van der Waals surface area contributed by atoms with Crippen LogP contribution in [-0.2, 0) is 11.3 Å². The second-order valence-electron chi connectivity index (χ2n) is 4.42. The molecule has 88 valence electrons. The Bertz CT molecular complexity index is 327. The van der Waals surface area contributed by atoms with E-state index in [9.17, 15) is 4.79 Å². The van der Waals surface area contributed by atoms with Gasteiger partial charge in [-0.2, -0.15) is 0 Å². The van der Waals surface area contributed by atoms with E-state index in [2.05, 4.69) is 43.4 Å². The highest BCUT2D eigenvalue weighted by Gasteiger charge is 2.01. The maximum atomic E-state index is 11.3. The molecule has 1 rings (SSSR count). The van der Waals surface area contributed by atoms with Gasteiger partial charge in [-0.3, -0.25) is 4.79 Å². The highest BCUT2D eigenvalue weighted by molar-refractivity contribution is 5.75. The number of nitrogens with one attached hydrogen (secondary N) is 1. The van der Waals surface area contributed by atoms with Crippen molar-refractivity contribution in [3.63, 3.8) is 0 Å². The third-order valence-electron chi connectivity index (χ3n) is 2.61. The molecule has 0 bridgehead atoms. The molecule has 0 saturated heterocycles. The molecule has 1 N–H and O–H groups in total. The molecule has 1 aromatic rings. The number of hydrogen-bond acceptors (Lipinski definition) is 1. The first-order chi connectivity index (χ1) is 7.63. The van der Waals surface area contributed by atoms with Gasteiger partial charge in [0.05, 0.1) is 0 Å². The molecule has 2 nitrogen and oxygen atoms in total. The molecule has 0 unspecified atom stereocenters. The van der Waals surface area contributed by atoms with Crippen LogP contribution in [0.2, 0.25) is 0 Å². The second kappa shape index (κ2) is 6.31. The number of carbonyl (C=O) groups is 1. The van der Waals surface area contributed by atoms with Gasteiger partial charge in [-0.25, -0.2) is 0 Å². The Balaban J connectivity index is 2.46. The Morgan fingerprint density at radius 1 is 1.25 bits per heavy atom. The number of benzene rings is 1. The first kappa shape index (κ1) is 12.8. The zero-order chi connectivity index (χ0) is 12.0. The summed E-state index contributed by atoms with van der Waals surface area (Å²) < 4.78 is 0. The topological polar surface area (TPSA) is 29.1 Å². The molecule has 0 atom stereocenters. The Labute approximate surface area is 98.1 Å². The van der Waals surface area contributed by atoms with Gasteiger partial charge in [-0.15, -0.1) is 0 Å². The van der Waals surface area contributed by atoms with Crippen molar-refractivity contribution < 1.29 is 4.79 Å². The number of carbonyl (C=O) groups excluding carboxylic acids is 1. The average Bonchev–Trinajstić information content (AvgIpc) is 2.27. The quantitative estimate of drug-likeness (QED) is 0.809. The minimum atomic E-state index is 0.135. The van der Waals surface area contributed by atoms with Gasteiger partial charge in [0.1, 0.15) is 0 Å². The smallest absolute Gasteiger partial charge is 0.220 e. The van der Waals surface area contributed by atoms with Crippen molar-refractivity contribution in [3.8, 4) is 0 Å². The predicted molar refractivity (Wildman–Crippen MR) is 67.3 cm³/mol. The molecule has 2 heteroatoms. The molecule has 0 spiro atoms. The summed E-state index contributed by atoms with van der Waals surface area (Å²) in [6, 6.07) is 8.43. The molecule has 0 aliphatic heterocycles. The fourth-order valence-corrected chi connectivity index (χ4v) is 1.54. The molecule has 0 radical (unpaired) electrons. The lowest BCUT2D eigenvalue weighted by molar-refractivity contribution is -0.121. The first-order valence-electron chi connectivity index (χ1n) is 5.99. The van der Waals surface area contributed by atoms with E-state index in [1.54, 1.807) is 0 Å². The molecule has 0 heterocycles. The van der Waals surface area contributed by atoms with E-state index >= 15 is 0 Å². The standard InChI is InChI=1S/C14H21NO/c1-4-5-14(16)15-10-12-6-8-13(9-7-12)11(2)3/h6-9,11H,4-5,10H2,1-3H3,(H,15,16). The maximum Gasteiger partial charge on any atom is 0.220 e. The van der Waals surface area contributed by atoms with E-state index in [1.165, 1.54) is 5.56 Å². The van der Waals surface area contributed by atoms with Crippen molar-refractivity contribution in [3.05, 3.63) is 35.4 Å². The first-order valence-corrected chi connectivity index (χ1v) is 5.99. The normalized spacial score (nSPS) is 10.5. The zero-order valence-corrected chi connectivity index (χ0v) is 10.4. The molecule has 1 amide bonds. The van der Waals surface area contributed by atoms with Gasteiger partial charge in [0.2, 0.25) is 5.91 Å². The summed E-state index contributed by atoms with van der Waals surface area (Å²) in [5.74, 6) is 0.694. The van der Waals surface area contributed by atoms with Crippen LogP contribution in [0.25, 0.3) is 0 Å². The fourth-order valence-electron chi connectivity index (χ4n) is 1.54. The van der Waals surface area contributed by atoms with E-state index in [4.69, 9.17) is 0 Å². The van der Waals surface area contributed by atoms with Crippen molar-refractivity contribution in [2.45, 2.75) is 46.1 Å². The molecular weight excluding hydrogens is 198 g/mol. The van der Waals surface area contributed by atoms with Crippen LogP contribution in [0.15, 0.2) is 24.3 Å². The van der Waals surface area contributed by atoms with Crippen molar-refractivity contribution in [2.75, 3.05) is 0 Å². The van der Waals surface area contributed by atoms with Gasteiger partial charge in [0, 0.05) is 13.0 Å². The van der Waals surface area contributed by atoms with Crippen LogP contribution in [0.1, 0.15) is 50.7 Å². The summed E-state index contributed by atoms with van der Waals surface area (Å²) in [6.07, 6.45) is 1.52. The number of hydrogen-bond donors (Lipinski definition) is 1. The van der Waals surface area contributed by atoms with Crippen LogP contribution < -0.4 is 5.32 Å². The molecule has 0 aliphatic rings. The van der Waals surface area contributed by atoms with Crippen LogP contribution in [0.5, 0.6) is 0 Å². The van der Waals surface area contributed by atoms with Crippen molar-refractivity contribution in [2.24, 2.45) is 0 Å². The molecule has 16 heavy (non-hydrogen) atoms. The summed E-state index contributed by atoms with van der Waals surface area (Å²) in [5.41, 5.74) is 2.50. The molecule has 0 saturated carbocycles. The van der Waals surface area contributed by atoms with Crippen molar-refractivity contribution in [1.29, 1.82) is 0 Å². The fraction of sp³-hybridized carbons (Fsp3) is 0.500. The highest BCUT2D eigenvalue weighted by Crippen LogP contribution is 2.14. The maximum absolute atomic E-state index is 11.3. The molecule has 0 aliphatic carbocycles. The Hall–Kier alpha value is -1.31. The molecular formula is C14H21NO. The molecule has 1 aromatic carbocycles. The predicted octanol–water partition coefficient (Wildman–Crippen LogP) is 3.23. The van der Waals surface area contributed by atoms with Crippen LogP contribution >= 0.6 is 0 Å². The summed E-state index contributed by atoms with van der Waals surface area (Å²) in [4.78, 5) is 11.3. The average molecular weight is 219 g/mol. The Morgan fingerprint density at radius 3 is 2.38 bits per heavy atom. The van der Waals surface area contributed by atoms with Crippen molar-refractivity contribution in [1.82, 2.24) is 5.32 Å². The second-order valence-corrected chi connectivity index (χ2v) is 4.42. The van der Waals surface area contributed by atoms with E-state index < -0.39 is 0 Å². The van der Waals surface area contributed by atoms with Gasteiger partial charge >= 0.3 is 0 Å². The van der Waals surface area contributed by atoms with E-state index in [0.717, 1.165) is 12.0 Å². The lowest BCUT2D eigenvalue weighted by Gasteiger charge is -2.08. The number of amides is 1. The third-order valence-corrected chi connectivity index (χ3v) is 2.61. The van der Waals surface area contributed by atoms with Crippen LogP contribution in [0, 0.1) is 0 Å². The van der Waals surface area contributed by atoms with E-state index in [1.807, 2.05) is 6.92 Å². The highest BCUT2D eigenvalue weighted by atomic mass is 16.1. The largest absolute Gasteiger partial charge is 0.352 e. The van der Waals surface area contributed by atoms with E-state index in [0.29, 0.717) is 18.9 Å². The van der Waals surface area contributed by atoms with Gasteiger partial charge in [-0.1, -0.05) is 45.0 Å². The molecule has 0 fully saturated rings. The SMILES string of the molecule is CCCC(=O)NCc1ccc(C(C)C)cc1. The minimum absolute atomic E-state index is 0.135. The Morgan fingerprint density at radius 2 is 1.88 bits per heavy atom. The van der Waals surface area contributed by atoms with Gasteiger partial charge in [0.25, 0.3) is 0 Å². The van der Waals surface area contributed by atoms with E-state index in [-0.39, 0.29) is 5.91 Å². The molecule has 0 aromatic heterocycles. The van der Waals surface area contributed by atoms with Gasteiger partial charge in [-0.05, 0) is 23.5 Å². The van der Waals surface area contributed by atoms with Crippen molar-refractivity contribution >= 4 is 5.91 Å².